The number of carbonyl (C=O) groups excluding carboxylic acids is 1. The Kier molecular flexibility index (Phi) is 6.83. The van der Waals surface area contributed by atoms with Gasteiger partial charge in [-0.05, 0) is 46.9 Å². The van der Waals surface area contributed by atoms with Crippen molar-refractivity contribution in [1.29, 1.82) is 0 Å². The van der Waals surface area contributed by atoms with E-state index >= 15 is 0 Å². The molecule has 0 radical (unpaired) electrons. The summed E-state index contributed by atoms with van der Waals surface area (Å²) in [5.74, 6) is -22.2. The molecule has 3 aromatic carbocycles. The van der Waals surface area contributed by atoms with Crippen LogP contribution in [0.2, 0.25) is 5.02 Å². The minimum absolute atomic E-state index is 0.0416. The van der Waals surface area contributed by atoms with Gasteiger partial charge in [0.05, 0.1) is 22.0 Å². The first kappa shape index (κ1) is 24.0. The van der Waals surface area contributed by atoms with Gasteiger partial charge >= 0.3 is 5.97 Å². The van der Waals surface area contributed by atoms with Crippen LogP contribution in [-0.2, 0) is 0 Å². The van der Waals surface area contributed by atoms with Gasteiger partial charge in [-0.15, -0.1) is 0 Å². The third kappa shape index (κ3) is 4.33. The minimum atomic E-state index is -2.52. The van der Waals surface area contributed by atoms with Crippen molar-refractivity contribution in [2.75, 3.05) is 5.32 Å². The molecule has 3 nitrogen and oxygen atoms in total. The average Bonchev–Trinajstić information content (AvgIpc) is 2.75. The fraction of sp³-hybridized carbons (Fsp3) is 0. The van der Waals surface area contributed by atoms with Crippen LogP contribution in [0.4, 0.5) is 46.5 Å². The number of esters is 1. The molecule has 1 N–H and O–H groups in total. The van der Waals surface area contributed by atoms with Gasteiger partial charge in [0, 0.05) is 3.57 Å². The van der Waals surface area contributed by atoms with Gasteiger partial charge in [-0.3, -0.25) is 0 Å². The molecule has 0 saturated carbocycles. The van der Waals surface area contributed by atoms with Gasteiger partial charge in [0.25, 0.3) is 0 Å². The molecule has 32 heavy (non-hydrogen) atoms. The monoisotopic (exact) mass is 593 g/mol. The predicted molar refractivity (Wildman–Crippen MR) is 105 cm³/mol. The first-order valence-electron chi connectivity index (χ1n) is 8.07. The molecule has 0 bridgehead atoms. The summed E-state index contributed by atoms with van der Waals surface area (Å²) in [6.07, 6.45) is 0. The van der Waals surface area contributed by atoms with Crippen LogP contribution in [0.15, 0.2) is 24.3 Å². The minimum Gasteiger partial charge on any atom is -0.416 e. The molecule has 0 aliphatic rings. The smallest absolute Gasteiger partial charge is 0.346 e. The van der Waals surface area contributed by atoms with Gasteiger partial charge in [-0.2, -0.15) is 8.78 Å². The Labute approximate surface area is 192 Å². The van der Waals surface area contributed by atoms with Crippen molar-refractivity contribution in [1.82, 2.24) is 0 Å². The van der Waals surface area contributed by atoms with Crippen LogP contribution in [0.25, 0.3) is 0 Å². The highest BCUT2D eigenvalue weighted by atomic mass is 127. The summed E-state index contributed by atoms with van der Waals surface area (Å²) in [5.41, 5.74) is -2.33. The van der Waals surface area contributed by atoms with Crippen molar-refractivity contribution < 1.29 is 44.7 Å². The van der Waals surface area contributed by atoms with Crippen LogP contribution >= 0.6 is 34.2 Å². The molecular formula is C19H5ClF8INO2. The predicted octanol–water partition coefficient (Wildman–Crippen LogP) is 7.02. The molecule has 0 spiro atoms. The number of benzene rings is 3. The lowest BCUT2D eigenvalue weighted by Gasteiger charge is -2.15. The summed E-state index contributed by atoms with van der Waals surface area (Å²) in [7, 11) is 0. The van der Waals surface area contributed by atoms with E-state index < -0.39 is 69.5 Å². The fourth-order valence-electron chi connectivity index (χ4n) is 2.43. The standard InChI is InChI=1S/C19H5ClF8INO2/c20-7-3-5(29)1-2-9(7)30-17-6(4-8(21)10(22)14(17)26)19(31)32-18-15(27)12(24)11(23)13(25)16(18)28/h1-4,30H. The molecule has 0 heterocycles. The molecule has 0 fully saturated rings. The second-order valence-electron chi connectivity index (χ2n) is 5.95. The molecular weight excluding hydrogens is 589 g/mol. The third-order valence-corrected chi connectivity index (χ3v) is 4.92. The van der Waals surface area contributed by atoms with Gasteiger partial charge < -0.3 is 10.1 Å². The van der Waals surface area contributed by atoms with E-state index in [4.69, 9.17) is 11.6 Å². The molecule has 3 rings (SSSR count). The van der Waals surface area contributed by atoms with Gasteiger partial charge in [0.15, 0.2) is 17.5 Å². The molecule has 0 unspecified atom stereocenters. The van der Waals surface area contributed by atoms with Crippen LogP contribution in [0.5, 0.6) is 5.75 Å². The maximum Gasteiger partial charge on any atom is 0.346 e. The van der Waals surface area contributed by atoms with E-state index in [-0.39, 0.29) is 16.8 Å². The molecule has 0 aliphatic heterocycles. The van der Waals surface area contributed by atoms with Crippen molar-refractivity contribution in [2.24, 2.45) is 0 Å². The van der Waals surface area contributed by atoms with Crippen LogP contribution in [0, 0.1) is 50.1 Å². The van der Waals surface area contributed by atoms with Crippen molar-refractivity contribution >= 4 is 51.5 Å². The number of ether oxygens (including phenoxy) is 1. The number of halogens is 10. The number of rotatable bonds is 4. The summed E-state index contributed by atoms with van der Waals surface area (Å²) >= 11 is 7.85. The summed E-state index contributed by atoms with van der Waals surface area (Å²) in [4.78, 5) is 12.4. The first-order chi connectivity index (χ1) is 14.9. The summed E-state index contributed by atoms with van der Waals surface area (Å²) in [6.45, 7) is 0. The van der Waals surface area contributed by atoms with Crippen molar-refractivity contribution in [2.45, 2.75) is 0 Å². The lowest BCUT2D eigenvalue weighted by molar-refractivity contribution is 0.0716. The number of carbonyl (C=O) groups is 1. The van der Waals surface area contributed by atoms with Crippen LogP contribution in [0.1, 0.15) is 10.4 Å². The first-order valence-corrected chi connectivity index (χ1v) is 9.52. The average molecular weight is 594 g/mol. The zero-order valence-corrected chi connectivity index (χ0v) is 17.8. The van der Waals surface area contributed by atoms with E-state index in [0.29, 0.717) is 3.57 Å². The van der Waals surface area contributed by atoms with Crippen molar-refractivity contribution in [3.8, 4) is 5.75 Å². The van der Waals surface area contributed by atoms with Crippen molar-refractivity contribution in [3.63, 3.8) is 0 Å². The third-order valence-electron chi connectivity index (χ3n) is 3.94. The summed E-state index contributed by atoms with van der Waals surface area (Å²) < 4.78 is 114. The quantitative estimate of drug-likeness (QED) is 0.0883. The Hall–Kier alpha value is -2.61. The highest BCUT2D eigenvalue weighted by Crippen LogP contribution is 2.34. The number of anilines is 2. The van der Waals surface area contributed by atoms with Gasteiger partial charge in [0.2, 0.25) is 34.8 Å². The van der Waals surface area contributed by atoms with Crippen LogP contribution in [-0.4, -0.2) is 5.97 Å². The topological polar surface area (TPSA) is 38.3 Å². The molecule has 0 saturated heterocycles. The van der Waals surface area contributed by atoms with E-state index in [1.54, 1.807) is 0 Å². The molecule has 0 aromatic heterocycles. The molecule has 0 atom stereocenters. The van der Waals surface area contributed by atoms with Gasteiger partial charge in [-0.1, -0.05) is 11.6 Å². The Morgan fingerprint density at radius 2 is 1.38 bits per heavy atom. The maximum absolute atomic E-state index is 14.4. The summed E-state index contributed by atoms with van der Waals surface area (Å²) in [6, 6.07) is 4.24. The van der Waals surface area contributed by atoms with Crippen molar-refractivity contribution in [3.05, 3.63) is 85.0 Å². The molecule has 168 valence electrons. The Morgan fingerprint density at radius 1 is 0.812 bits per heavy atom. The Bertz CT molecular complexity index is 1240. The summed E-state index contributed by atoms with van der Waals surface area (Å²) in [5, 5.41) is 2.18. The van der Waals surface area contributed by atoms with E-state index in [1.165, 1.54) is 18.2 Å². The van der Waals surface area contributed by atoms with E-state index in [1.807, 2.05) is 22.6 Å². The van der Waals surface area contributed by atoms with E-state index in [0.717, 1.165) is 0 Å². The second kappa shape index (κ2) is 9.10. The number of nitrogens with one attached hydrogen (secondary N) is 1. The molecule has 13 heteroatoms. The van der Waals surface area contributed by atoms with Gasteiger partial charge in [0.1, 0.15) is 0 Å². The second-order valence-corrected chi connectivity index (χ2v) is 7.60. The van der Waals surface area contributed by atoms with Crippen LogP contribution in [0.3, 0.4) is 0 Å². The van der Waals surface area contributed by atoms with E-state index in [9.17, 15) is 39.9 Å². The zero-order valence-electron chi connectivity index (χ0n) is 14.9. The Morgan fingerprint density at radius 3 is 1.94 bits per heavy atom. The molecule has 0 aliphatic carbocycles. The zero-order chi connectivity index (χ0) is 23.9. The maximum atomic E-state index is 14.4. The highest BCUT2D eigenvalue weighted by molar-refractivity contribution is 14.1. The number of hydrogen-bond donors (Lipinski definition) is 1. The highest BCUT2D eigenvalue weighted by Gasteiger charge is 2.31. The normalized spacial score (nSPS) is 10.9. The van der Waals surface area contributed by atoms with Gasteiger partial charge in [-0.25, -0.2) is 31.1 Å². The lowest BCUT2D eigenvalue weighted by atomic mass is 10.1. The number of hydrogen-bond acceptors (Lipinski definition) is 3. The molecule has 0 amide bonds. The van der Waals surface area contributed by atoms with E-state index in [2.05, 4.69) is 10.1 Å². The van der Waals surface area contributed by atoms with Crippen LogP contribution < -0.4 is 10.1 Å². The SMILES string of the molecule is O=C(Oc1c(F)c(F)c(F)c(F)c1F)c1cc(F)c(F)c(F)c1Nc1ccc(I)cc1Cl. The largest absolute Gasteiger partial charge is 0.416 e. The molecule has 3 aromatic rings. The lowest BCUT2D eigenvalue weighted by Crippen LogP contribution is -2.17. The Balaban J connectivity index is 2.11. The fourth-order valence-corrected chi connectivity index (χ4v) is 3.33.